The molecule has 0 aromatic carbocycles. The summed E-state index contributed by atoms with van der Waals surface area (Å²) < 4.78 is 5.82. The molecule has 0 unspecified atom stereocenters. The molecule has 0 amide bonds. The summed E-state index contributed by atoms with van der Waals surface area (Å²) in [6.45, 7) is 1.44. The molecule has 3 rings (SSSR count). The Morgan fingerprint density at radius 3 is 3.05 bits per heavy atom. The van der Waals surface area contributed by atoms with Crippen LogP contribution in [0.3, 0.4) is 0 Å². The minimum Gasteiger partial charge on any atom is -0.376 e. The predicted molar refractivity (Wildman–Crippen MR) is 75.7 cm³/mol. The van der Waals surface area contributed by atoms with Crippen molar-refractivity contribution >= 4 is 5.82 Å². The SMILES string of the molecule is CN(C[C@H]1OCC[C@H]1c1ncn[nH]1)c1ccc(C#N)cn1. The molecule has 1 aliphatic rings. The zero-order valence-electron chi connectivity index (χ0n) is 11.7. The van der Waals surface area contributed by atoms with Crippen LogP contribution in [0.5, 0.6) is 0 Å². The average Bonchev–Trinajstić information content (AvgIpc) is 3.18. The Morgan fingerprint density at radius 2 is 2.38 bits per heavy atom. The van der Waals surface area contributed by atoms with Crippen LogP contribution in [-0.2, 0) is 4.74 Å². The predicted octanol–water partition coefficient (Wildman–Crippen LogP) is 1.08. The summed E-state index contributed by atoms with van der Waals surface area (Å²) >= 11 is 0. The van der Waals surface area contributed by atoms with Gasteiger partial charge in [0.1, 0.15) is 24.0 Å². The van der Waals surface area contributed by atoms with E-state index in [9.17, 15) is 0 Å². The summed E-state index contributed by atoms with van der Waals surface area (Å²) in [6.07, 6.45) is 4.10. The molecule has 0 radical (unpaired) electrons. The highest BCUT2D eigenvalue weighted by molar-refractivity contribution is 5.41. The van der Waals surface area contributed by atoms with Crippen molar-refractivity contribution in [2.24, 2.45) is 0 Å². The van der Waals surface area contributed by atoms with Gasteiger partial charge in [-0.15, -0.1) is 0 Å². The van der Waals surface area contributed by atoms with Crippen molar-refractivity contribution in [3.8, 4) is 6.07 Å². The molecule has 0 aliphatic carbocycles. The lowest BCUT2D eigenvalue weighted by molar-refractivity contribution is 0.108. The van der Waals surface area contributed by atoms with Crippen LogP contribution in [0.2, 0.25) is 0 Å². The number of nitrogens with one attached hydrogen (secondary N) is 1. The fraction of sp³-hybridized carbons (Fsp3) is 0.429. The van der Waals surface area contributed by atoms with Crippen LogP contribution < -0.4 is 4.90 Å². The molecule has 1 aliphatic heterocycles. The summed E-state index contributed by atoms with van der Waals surface area (Å²) in [4.78, 5) is 10.6. The molecule has 2 atom stereocenters. The maximum absolute atomic E-state index is 8.80. The highest BCUT2D eigenvalue weighted by Gasteiger charge is 2.32. The summed E-state index contributed by atoms with van der Waals surface area (Å²) in [5.41, 5.74) is 0.559. The molecule has 0 saturated carbocycles. The van der Waals surface area contributed by atoms with E-state index in [0.717, 1.165) is 24.7 Å². The maximum Gasteiger partial charge on any atom is 0.137 e. The normalized spacial score (nSPS) is 21.1. The fourth-order valence-electron chi connectivity index (χ4n) is 2.58. The number of hydrogen-bond acceptors (Lipinski definition) is 6. The third kappa shape index (κ3) is 2.85. The van der Waals surface area contributed by atoms with Crippen LogP contribution in [0.15, 0.2) is 24.7 Å². The molecule has 2 aromatic heterocycles. The van der Waals surface area contributed by atoms with Gasteiger partial charge in [0.15, 0.2) is 0 Å². The van der Waals surface area contributed by atoms with Crippen molar-refractivity contribution in [3.05, 3.63) is 36.0 Å². The zero-order chi connectivity index (χ0) is 14.7. The maximum atomic E-state index is 8.80. The molecule has 1 N–H and O–H groups in total. The number of pyridine rings is 1. The first-order chi connectivity index (χ1) is 10.3. The number of H-pyrrole nitrogens is 1. The molecule has 21 heavy (non-hydrogen) atoms. The third-order valence-electron chi connectivity index (χ3n) is 3.72. The van der Waals surface area contributed by atoms with Gasteiger partial charge in [0.2, 0.25) is 0 Å². The van der Waals surface area contributed by atoms with Gasteiger partial charge in [0.05, 0.1) is 11.7 Å². The molecule has 0 bridgehead atoms. The van der Waals surface area contributed by atoms with E-state index in [1.807, 2.05) is 18.0 Å². The second-order valence-electron chi connectivity index (χ2n) is 5.07. The number of nitrogens with zero attached hydrogens (tertiary/aromatic N) is 5. The molecule has 1 fully saturated rings. The Kier molecular flexibility index (Phi) is 3.79. The van der Waals surface area contributed by atoms with E-state index in [-0.39, 0.29) is 12.0 Å². The quantitative estimate of drug-likeness (QED) is 0.903. The number of rotatable bonds is 4. The molecule has 0 spiro atoms. The molecule has 7 nitrogen and oxygen atoms in total. The van der Waals surface area contributed by atoms with E-state index in [1.54, 1.807) is 12.3 Å². The Morgan fingerprint density at radius 1 is 1.48 bits per heavy atom. The first kappa shape index (κ1) is 13.5. The molecular formula is C14H16N6O. The van der Waals surface area contributed by atoms with Crippen LogP contribution >= 0.6 is 0 Å². The van der Waals surface area contributed by atoms with Gasteiger partial charge < -0.3 is 9.64 Å². The highest BCUT2D eigenvalue weighted by Crippen LogP contribution is 2.29. The standard InChI is InChI=1S/C14H16N6O/c1-20(13-3-2-10(6-15)7-16-13)8-12-11(4-5-21-12)14-17-9-18-19-14/h2-3,7,9,11-12H,4-5,8H2,1H3,(H,17,18,19)/t11-,12-/m1/s1. The molecule has 2 aromatic rings. The molecule has 1 saturated heterocycles. The molecule has 108 valence electrons. The van der Waals surface area contributed by atoms with Gasteiger partial charge in [-0.05, 0) is 18.6 Å². The van der Waals surface area contributed by atoms with Gasteiger partial charge in [-0.3, -0.25) is 5.10 Å². The van der Waals surface area contributed by atoms with E-state index in [4.69, 9.17) is 10.00 Å². The Bertz CT molecular complexity index is 618. The van der Waals surface area contributed by atoms with Crippen molar-refractivity contribution in [3.63, 3.8) is 0 Å². The van der Waals surface area contributed by atoms with Crippen LogP contribution in [0.4, 0.5) is 5.82 Å². The molecular weight excluding hydrogens is 268 g/mol. The van der Waals surface area contributed by atoms with Gasteiger partial charge in [0.25, 0.3) is 0 Å². The van der Waals surface area contributed by atoms with Crippen LogP contribution in [0, 0.1) is 11.3 Å². The topological polar surface area (TPSA) is 90.7 Å². The number of ether oxygens (including phenoxy) is 1. The van der Waals surface area contributed by atoms with E-state index in [0.29, 0.717) is 12.1 Å². The second-order valence-corrected chi connectivity index (χ2v) is 5.07. The average molecular weight is 284 g/mol. The monoisotopic (exact) mass is 284 g/mol. The van der Waals surface area contributed by atoms with Crippen molar-refractivity contribution in [1.82, 2.24) is 20.2 Å². The third-order valence-corrected chi connectivity index (χ3v) is 3.72. The lowest BCUT2D eigenvalue weighted by atomic mass is 10.0. The Balaban J connectivity index is 1.68. The zero-order valence-corrected chi connectivity index (χ0v) is 11.7. The van der Waals surface area contributed by atoms with Gasteiger partial charge in [-0.25, -0.2) is 9.97 Å². The van der Waals surface area contributed by atoms with E-state index in [1.165, 1.54) is 6.33 Å². The van der Waals surface area contributed by atoms with E-state index >= 15 is 0 Å². The lowest BCUT2D eigenvalue weighted by Crippen LogP contribution is -2.32. The Labute approximate surface area is 122 Å². The van der Waals surface area contributed by atoms with Crippen LogP contribution in [0.1, 0.15) is 23.7 Å². The van der Waals surface area contributed by atoms with Gasteiger partial charge in [-0.1, -0.05) is 0 Å². The second kappa shape index (κ2) is 5.89. The van der Waals surface area contributed by atoms with Gasteiger partial charge >= 0.3 is 0 Å². The van der Waals surface area contributed by atoms with Crippen molar-refractivity contribution in [2.75, 3.05) is 25.1 Å². The fourth-order valence-corrected chi connectivity index (χ4v) is 2.58. The largest absolute Gasteiger partial charge is 0.376 e. The van der Waals surface area contributed by atoms with Crippen LogP contribution in [-0.4, -0.2) is 46.5 Å². The highest BCUT2D eigenvalue weighted by atomic mass is 16.5. The van der Waals surface area contributed by atoms with Crippen molar-refractivity contribution in [2.45, 2.75) is 18.4 Å². The summed E-state index contributed by atoms with van der Waals surface area (Å²) in [6, 6.07) is 5.68. The number of nitriles is 1. The van der Waals surface area contributed by atoms with Gasteiger partial charge in [0, 0.05) is 32.3 Å². The first-order valence-corrected chi connectivity index (χ1v) is 6.82. The number of likely N-dealkylation sites (N-methyl/N-ethyl adjacent to an activating group) is 1. The van der Waals surface area contributed by atoms with E-state index < -0.39 is 0 Å². The van der Waals surface area contributed by atoms with Crippen molar-refractivity contribution in [1.29, 1.82) is 5.26 Å². The summed E-state index contributed by atoms with van der Waals surface area (Å²) in [5, 5.41) is 15.6. The van der Waals surface area contributed by atoms with Crippen LogP contribution in [0.25, 0.3) is 0 Å². The molecule has 7 heteroatoms. The number of aromatic nitrogens is 4. The number of anilines is 1. The minimum absolute atomic E-state index is 0.0559. The summed E-state index contributed by atoms with van der Waals surface area (Å²) in [5.74, 6) is 1.92. The van der Waals surface area contributed by atoms with Gasteiger partial charge in [-0.2, -0.15) is 10.4 Å². The smallest absolute Gasteiger partial charge is 0.137 e. The lowest BCUT2D eigenvalue weighted by Gasteiger charge is -2.24. The minimum atomic E-state index is 0.0559. The first-order valence-electron chi connectivity index (χ1n) is 6.82. The van der Waals surface area contributed by atoms with E-state index in [2.05, 4.69) is 26.2 Å². The number of aromatic amines is 1. The summed E-state index contributed by atoms with van der Waals surface area (Å²) in [7, 11) is 1.97. The van der Waals surface area contributed by atoms with Crippen molar-refractivity contribution < 1.29 is 4.74 Å². The Hall–Kier alpha value is -2.46. The number of hydrogen-bond donors (Lipinski definition) is 1. The molecule has 3 heterocycles.